The summed E-state index contributed by atoms with van der Waals surface area (Å²) in [6.07, 6.45) is 13.8. The zero-order valence-corrected chi connectivity index (χ0v) is 23.8. The molecule has 6 heteroatoms. The molecule has 0 atom stereocenters. The normalized spacial score (nSPS) is 15.3. The van der Waals surface area contributed by atoms with Gasteiger partial charge in [0.05, 0.1) is 0 Å². The van der Waals surface area contributed by atoms with E-state index in [0.29, 0.717) is 9.35 Å². The minimum absolute atomic E-state index is 0.188. The van der Waals surface area contributed by atoms with Crippen molar-refractivity contribution in [3.05, 3.63) is 30.1 Å². The van der Waals surface area contributed by atoms with Crippen molar-refractivity contribution in [3.8, 4) is 11.3 Å². The van der Waals surface area contributed by atoms with Gasteiger partial charge in [0, 0.05) is 0 Å². The van der Waals surface area contributed by atoms with Gasteiger partial charge in [0.1, 0.15) is 0 Å². The Labute approximate surface area is 210 Å². The molecule has 1 aromatic heterocycles. The van der Waals surface area contributed by atoms with Gasteiger partial charge >= 0.3 is 211 Å². The Kier molecular flexibility index (Phi) is 11.2. The molecule has 3 rings (SSSR count). The van der Waals surface area contributed by atoms with E-state index >= 15 is 0 Å². The number of ether oxygens (including phenoxy) is 1. The Morgan fingerprint density at radius 3 is 2.09 bits per heavy atom. The molecule has 33 heavy (non-hydrogen) atoms. The summed E-state index contributed by atoms with van der Waals surface area (Å²) in [4.78, 5) is 0. The molecule has 1 aliphatic heterocycles. The van der Waals surface area contributed by atoms with Crippen molar-refractivity contribution < 1.29 is 9.13 Å². The minimum atomic E-state index is -1.05. The van der Waals surface area contributed by atoms with Crippen LogP contribution in [0.4, 0.5) is 4.39 Å². The average Bonchev–Trinajstić information content (AvgIpc) is 3.22. The quantitative estimate of drug-likeness (QED) is 0.245. The molecule has 1 saturated heterocycles. The monoisotopic (exact) mass is 563 g/mol. The number of nitrogens with zero attached hydrogens (tertiary/aromatic N) is 3. The predicted molar refractivity (Wildman–Crippen MR) is 136 cm³/mol. The Balaban J connectivity index is 1.96. The van der Waals surface area contributed by atoms with Crippen LogP contribution in [0, 0.1) is 11.7 Å². The maximum atomic E-state index is 13.8. The average molecular weight is 562 g/mol. The van der Waals surface area contributed by atoms with E-state index in [9.17, 15) is 4.39 Å². The predicted octanol–water partition coefficient (Wildman–Crippen LogP) is 6.57. The van der Waals surface area contributed by atoms with Gasteiger partial charge in [-0.1, -0.05) is 0 Å². The number of hydrogen-bond donors (Lipinski definition) is 0. The van der Waals surface area contributed by atoms with Crippen molar-refractivity contribution in [1.82, 2.24) is 15.0 Å². The van der Waals surface area contributed by atoms with Gasteiger partial charge in [-0.15, -0.1) is 0 Å². The third-order valence-corrected chi connectivity index (χ3v) is 12.3. The third kappa shape index (κ3) is 7.78. The summed E-state index contributed by atoms with van der Waals surface area (Å²) in [7, 11) is 0. The summed E-state index contributed by atoms with van der Waals surface area (Å²) in [5, 5.41) is 9.56. The Bertz CT molecular complexity index is 795. The van der Waals surface area contributed by atoms with Crippen LogP contribution in [0.3, 0.4) is 0 Å². The SMILES string of the molecule is CCCC[C](CCCC)(CCCC)[Sn][c]1nnn(CC2CCOCC2)c1-c1ccc(F)cc1. The zero-order valence-electron chi connectivity index (χ0n) is 20.9. The molecule has 0 spiro atoms. The Morgan fingerprint density at radius 2 is 1.55 bits per heavy atom. The van der Waals surface area contributed by atoms with Gasteiger partial charge in [0.25, 0.3) is 0 Å². The van der Waals surface area contributed by atoms with E-state index in [1.54, 1.807) is 12.1 Å². The van der Waals surface area contributed by atoms with Crippen LogP contribution in [0.2, 0.25) is 3.43 Å². The number of aromatic nitrogens is 3. The summed E-state index contributed by atoms with van der Waals surface area (Å²) >= 11 is -1.05. The van der Waals surface area contributed by atoms with Crippen LogP contribution >= 0.6 is 0 Å². The second-order valence-corrected chi connectivity index (χ2v) is 14.8. The summed E-state index contributed by atoms with van der Waals surface area (Å²) < 4.78 is 23.2. The molecular weight excluding hydrogens is 520 g/mol. The molecule has 0 saturated carbocycles. The van der Waals surface area contributed by atoms with Gasteiger partial charge < -0.3 is 0 Å². The topological polar surface area (TPSA) is 39.9 Å². The van der Waals surface area contributed by atoms with Gasteiger partial charge in [-0.3, -0.25) is 0 Å². The van der Waals surface area contributed by atoms with E-state index in [0.717, 1.165) is 38.2 Å². The van der Waals surface area contributed by atoms with Gasteiger partial charge in [-0.2, -0.15) is 0 Å². The van der Waals surface area contributed by atoms with Crippen LogP contribution in [0.25, 0.3) is 11.3 Å². The van der Waals surface area contributed by atoms with E-state index in [1.807, 2.05) is 12.1 Å². The van der Waals surface area contributed by atoms with Crippen molar-refractivity contribution in [3.63, 3.8) is 0 Å². The number of halogens is 1. The van der Waals surface area contributed by atoms with Crippen LogP contribution in [-0.4, -0.2) is 49.3 Å². The second kappa shape index (κ2) is 13.8. The number of benzene rings is 1. The van der Waals surface area contributed by atoms with Crippen LogP contribution in [-0.2, 0) is 11.3 Å². The Morgan fingerprint density at radius 1 is 0.970 bits per heavy atom. The first kappa shape index (κ1) is 26.6. The van der Waals surface area contributed by atoms with Crippen LogP contribution < -0.4 is 3.71 Å². The first-order valence-corrected chi connectivity index (χ1v) is 16.0. The third-order valence-electron chi connectivity index (χ3n) is 7.03. The zero-order chi connectivity index (χ0) is 23.5. The van der Waals surface area contributed by atoms with Crippen molar-refractivity contribution in [1.29, 1.82) is 0 Å². The summed E-state index contributed by atoms with van der Waals surface area (Å²) in [5.74, 6) is 0.384. The van der Waals surface area contributed by atoms with Crippen molar-refractivity contribution in [2.75, 3.05) is 13.2 Å². The molecule has 2 aromatic rings. The summed E-state index contributed by atoms with van der Waals surface area (Å²) in [6, 6.07) is 7.00. The van der Waals surface area contributed by atoms with Crippen molar-refractivity contribution in [2.45, 2.75) is 101 Å². The van der Waals surface area contributed by atoms with E-state index in [2.05, 4.69) is 25.5 Å². The molecule has 2 heterocycles. The van der Waals surface area contributed by atoms with Crippen molar-refractivity contribution >= 4 is 24.9 Å². The molecule has 2 radical (unpaired) electrons. The van der Waals surface area contributed by atoms with Gasteiger partial charge in [-0.25, -0.2) is 0 Å². The van der Waals surface area contributed by atoms with Crippen LogP contribution in [0.5, 0.6) is 0 Å². The van der Waals surface area contributed by atoms with Crippen LogP contribution in [0.15, 0.2) is 24.3 Å². The molecule has 182 valence electrons. The van der Waals surface area contributed by atoms with Gasteiger partial charge in [-0.05, 0) is 0 Å². The maximum absolute atomic E-state index is 13.8. The molecule has 0 unspecified atom stereocenters. The second-order valence-electron chi connectivity index (χ2n) is 9.75. The molecule has 1 fully saturated rings. The molecule has 0 N–H and O–H groups in total. The summed E-state index contributed by atoms with van der Waals surface area (Å²) in [5.41, 5.74) is 2.24. The standard InChI is InChI=1S/C14H15FN3O.C13H27.Sn/c15-13-3-1-12(2-4-13)14-9-16-17-18(14)10-11-5-7-19-8-6-11;1-4-7-10-13(11-8-5-2)12-9-6-3;/h1-4,11H,5-8,10H2;4-12H2,1-3H3;. The fourth-order valence-corrected chi connectivity index (χ4v) is 10.4. The van der Waals surface area contributed by atoms with E-state index in [4.69, 9.17) is 15.0 Å². The number of rotatable bonds is 14. The summed E-state index contributed by atoms with van der Waals surface area (Å²) in [6.45, 7) is 9.48. The van der Waals surface area contributed by atoms with Gasteiger partial charge in [0.15, 0.2) is 0 Å². The molecule has 0 amide bonds. The number of hydrogen-bond acceptors (Lipinski definition) is 3. The molecule has 1 aliphatic rings. The van der Waals surface area contributed by atoms with Crippen LogP contribution in [0.1, 0.15) is 91.4 Å². The molecule has 0 bridgehead atoms. The Hall–Kier alpha value is -0.951. The first-order valence-electron chi connectivity index (χ1n) is 13.2. The fraction of sp³-hybridized carbons (Fsp3) is 0.704. The van der Waals surface area contributed by atoms with Gasteiger partial charge in [0.2, 0.25) is 0 Å². The van der Waals surface area contributed by atoms with Crippen molar-refractivity contribution in [2.24, 2.45) is 5.92 Å². The fourth-order valence-electron chi connectivity index (χ4n) is 4.95. The molecule has 4 nitrogen and oxygen atoms in total. The number of unbranched alkanes of at least 4 members (excludes halogenated alkanes) is 3. The molecule has 0 aliphatic carbocycles. The van der Waals surface area contributed by atoms with E-state index in [1.165, 1.54) is 67.2 Å². The van der Waals surface area contributed by atoms with E-state index < -0.39 is 21.1 Å². The van der Waals surface area contributed by atoms with E-state index in [-0.39, 0.29) is 5.82 Å². The molecule has 1 aromatic carbocycles. The first-order chi connectivity index (χ1) is 16.1. The molecular formula is C27H42FN3OSn.